The fourth-order valence-corrected chi connectivity index (χ4v) is 3.18. The second kappa shape index (κ2) is 6.71. The van der Waals surface area contributed by atoms with Gasteiger partial charge in [0.2, 0.25) is 0 Å². The molecule has 3 rings (SSSR count). The van der Waals surface area contributed by atoms with E-state index in [1.54, 1.807) is 0 Å². The molecule has 0 saturated heterocycles. The Labute approximate surface area is 134 Å². The zero-order valence-electron chi connectivity index (χ0n) is 12.3. The molecule has 0 radical (unpaired) electrons. The number of hydrogen-bond donors (Lipinski definition) is 1. The molecule has 0 bridgehead atoms. The molecule has 0 aromatic heterocycles. The lowest BCUT2D eigenvalue weighted by Crippen LogP contribution is -2.19. The maximum atomic E-state index is 12.5. The van der Waals surface area contributed by atoms with Gasteiger partial charge in [-0.05, 0) is 35.6 Å². The first-order chi connectivity index (χ1) is 10.8. The third-order valence-electron chi connectivity index (χ3n) is 3.52. The van der Waals surface area contributed by atoms with Crippen LogP contribution in [0.25, 0.3) is 0 Å². The minimum absolute atomic E-state index is 0.305. The van der Waals surface area contributed by atoms with E-state index in [1.165, 1.54) is 11.9 Å². The molecule has 3 nitrogen and oxygen atoms in total. The van der Waals surface area contributed by atoms with Crippen LogP contribution >= 0.6 is 11.9 Å². The topological polar surface area (TPSA) is 38.3 Å². The summed E-state index contributed by atoms with van der Waals surface area (Å²) in [5.41, 5.74) is 3.52. The molecule has 0 atom stereocenters. The smallest absolute Gasteiger partial charge is 0.356 e. The Morgan fingerprint density at radius 1 is 1.05 bits per heavy atom. The normalized spacial score (nSPS) is 14.1. The van der Waals surface area contributed by atoms with Crippen LogP contribution in [0.2, 0.25) is 0 Å². The zero-order chi connectivity index (χ0) is 15.4. The van der Waals surface area contributed by atoms with Gasteiger partial charge < -0.3 is 9.46 Å². The van der Waals surface area contributed by atoms with Crippen molar-refractivity contribution in [3.63, 3.8) is 0 Å². The van der Waals surface area contributed by atoms with E-state index in [9.17, 15) is 4.79 Å². The fraction of sp³-hybridized carbons (Fsp3) is 0.167. The lowest BCUT2D eigenvalue weighted by atomic mass is 10.0. The molecule has 0 aliphatic carbocycles. The van der Waals surface area contributed by atoms with E-state index in [2.05, 4.69) is 4.72 Å². The van der Waals surface area contributed by atoms with E-state index in [0.717, 1.165) is 22.5 Å². The van der Waals surface area contributed by atoms with Crippen molar-refractivity contribution in [2.75, 3.05) is 5.75 Å². The summed E-state index contributed by atoms with van der Waals surface area (Å²) in [7, 11) is 0. The summed E-state index contributed by atoms with van der Waals surface area (Å²) in [5, 5.41) is 0. The van der Waals surface area contributed by atoms with Crippen LogP contribution in [-0.2, 0) is 9.53 Å². The minimum Gasteiger partial charge on any atom is -0.448 e. The number of benzene rings is 2. The van der Waals surface area contributed by atoms with Gasteiger partial charge in [0.15, 0.2) is 6.10 Å². The zero-order valence-corrected chi connectivity index (χ0v) is 13.1. The summed E-state index contributed by atoms with van der Waals surface area (Å²) >= 11 is 1.51. The largest absolute Gasteiger partial charge is 0.448 e. The summed E-state index contributed by atoms with van der Waals surface area (Å²) in [6.45, 7) is 1.95. The molecule has 4 heteroatoms. The molecule has 1 aliphatic rings. The molecule has 0 amide bonds. The predicted octanol–water partition coefficient (Wildman–Crippen LogP) is 3.84. The Hall–Kier alpha value is -2.20. The Balaban J connectivity index is 1.90. The first kappa shape index (κ1) is 14.7. The molecule has 0 fully saturated rings. The Kier molecular flexibility index (Phi) is 4.49. The van der Waals surface area contributed by atoms with Crippen molar-refractivity contribution < 1.29 is 9.53 Å². The number of rotatable bonds is 4. The maximum Gasteiger partial charge on any atom is 0.356 e. The molecule has 1 heterocycles. The van der Waals surface area contributed by atoms with Gasteiger partial charge >= 0.3 is 5.97 Å². The van der Waals surface area contributed by atoms with Crippen LogP contribution in [0.3, 0.4) is 0 Å². The molecule has 22 heavy (non-hydrogen) atoms. The number of esters is 1. The monoisotopic (exact) mass is 311 g/mol. The van der Waals surface area contributed by atoms with Gasteiger partial charge in [-0.25, -0.2) is 4.79 Å². The van der Waals surface area contributed by atoms with Crippen LogP contribution in [0.1, 0.15) is 24.2 Å². The number of hydrogen-bond acceptors (Lipinski definition) is 4. The van der Waals surface area contributed by atoms with Crippen LogP contribution < -0.4 is 4.72 Å². The average molecular weight is 311 g/mol. The molecule has 1 N–H and O–H groups in total. The third-order valence-corrected chi connectivity index (χ3v) is 4.45. The van der Waals surface area contributed by atoms with Gasteiger partial charge in [-0.2, -0.15) is 0 Å². The van der Waals surface area contributed by atoms with Crippen LogP contribution in [0.15, 0.2) is 71.9 Å². The van der Waals surface area contributed by atoms with Crippen molar-refractivity contribution in [1.29, 1.82) is 0 Å². The number of ether oxygens (including phenoxy) is 1. The average Bonchev–Trinajstić information content (AvgIpc) is 3.00. The highest BCUT2D eigenvalue weighted by molar-refractivity contribution is 7.98. The standard InChI is InChI=1S/C18H17NO2S/c1-13-12-22-19-16(13)18(20)21-17(14-8-4-2-5-9-14)15-10-6-3-7-11-15/h2-11,17,19H,12H2,1H3. The van der Waals surface area contributed by atoms with Crippen molar-refractivity contribution in [1.82, 2.24) is 4.72 Å². The summed E-state index contributed by atoms with van der Waals surface area (Å²) in [4.78, 5) is 12.5. The van der Waals surface area contributed by atoms with E-state index in [1.807, 2.05) is 67.6 Å². The van der Waals surface area contributed by atoms with Crippen LogP contribution in [0.5, 0.6) is 0 Å². The van der Waals surface area contributed by atoms with Crippen LogP contribution in [0.4, 0.5) is 0 Å². The maximum absolute atomic E-state index is 12.5. The predicted molar refractivity (Wildman–Crippen MR) is 89.1 cm³/mol. The SMILES string of the molecule is CC1=C(C(=O)OC(c2ccccc2)c2ccccc2)NSC1. The van der Waals surface area contributed by atoms with Crippen molar-refractivity contribution in [2.24, 2.45) is 0 Å². The van der Waals surface area contributed by atoms with Gasteiger partial charge in [0, 0.05) is 5.75 Å². The fourth-order valence-electron chi connectivity index (χ4n) is 2.34. The number of carbonyl (C=O) groups is 1. The molecule has 2 aromatic rings. The Bertz CT molecular complexity index is 643. The van der Waals surface area contributed by atoms with Crippen molar-refractivity contribution >= 4 is 17.9 Å². The lowest BCUT2D eigenvalue weighted by Gasteiger charge is -2.19. The van der Waals surface area contributed by atoms with Crippen molar-refractivity contribution in [2.45, 2.75) is 13.0 Å². The molecule has 0 saturated carbocycles. The third kappa shape index (κ3) is 3.17. The first-order valence-corrected chi connectivity index (χ1v) is 8.12. The van der Waals surface area contributed by atoms with Gasteiger partial charge in [0.05, 0.1) is 0 Å². The molecule has 112 valence electrons. The summed E-state index contributed by atoms with van der Waals surface area (Å²) in [6, 6.07) is 19.6. The highest BCUT2D eigenvalue weighted by Crippen LogP contribution is 2.28. The molecule has 2 aromatic carbocycles. The van der Waals surface area contributed by atoms with E-state index >= 15 is 0 Å². The van der Waals surface area contributed by atoms with Gasteiger partial charge in [0.25, 0.3) is 0 Å². The molecule has 0 unspecified atom stereocenters. The number of nitrogens with one attached hydrogen (secondary N) is 1. The summed E-state index contributed by atoms with van der Waals surface area (Å²) in [5.74, 6) is 0.506. The van der Waals surface area contributed by atoms with E-state index in [-0.39, 0.29) is 5.97 Å². The second-order valence-corrected chi connectivity index (χ2v) is 5.93. The quantitative estimate of drug-likeness (QED) is 0.687. The van der Waals surface area contributed by atoms with Crippen molar-refractivity contribution in [3.8, 4) is 0 Å². The van der Waals surface area contributed by atoms with Gasteiger partial charge in [-0.1, -0.05) is 60.7 Å². The second-order valence-electron chi connectivity index (χ2n) is 5.15. The van der Waals surface area contributed by atoms with Crippen LogP contribution in [-0.4, -0.2) is 11.7 Å². The van der Waals surface area contributed by atoms with E-state index < -0.39 is 6.10 Å². The highest BCUT2D eigenvalue weighted by Gasteiger charge is 2.25. The van der Waals surface area contributed by atoms with Gasteiger partial charge in [0.1, 0.15) is 5.70 Å². The Morgan fingerprint density at radius 3 is 2.05 bits per heavy atom. The summed E-state index contributed by atoms with van der Waals surface area (Å²) < 4.78 is 8.84. The summed E-state index contributed by atoms with van der Waals surface area (Å²) in [6.07, 6.45) is -0.400. The minimum atomic E-state index is -0.400. The van der Waals surface area contributed by atoms with Gasteiger partial charge in [-0.15, -0.1) is 0 Å². The van der Waals surface area contributed by atoms with E-state index in [0.29, 0.717) is 5.70 Å². The molecule has 1 aliphatic heterocycles. The molecular formula is C18H17NO2S. The van der Waals surface area contributed by atoms with E-state index in [4.69, 9.17) is 4.74 Å². The van der Waals surface area contributed by atoms with Crippen LogP contribution in [0, 0.1) is 0 Å². The Morgan fingerprint density at radius 2 is 1.59 bits per heavy atom. The molecule has 0 spiro atoms. The van der Waals surface area contributed by atoms with Crippen molar-refractivity contribution in [3.05, 3.63) is 83.1 Å². The molecular weight excluding hydrogens is 294 g/mol. The van der Waals surface area contributed by atoms with Gasteiger partial charge in [-0.3, -0.25) is 0 Å². The highest BCUT2D eigenvalue weighted by atomic mass is 32.2. The lowest BCUT2D eigenvalue weighted by molar-refractivity contribution is -0.143. The number of carbonyl (C=O) groups excluding carboxylic acids is 1. The first-order valence-electron chi connectivity index (χ1n) is 7.14.